The molecule has 3 rings (SSSR count). The van der Waals surface area contributed by atoms with Crippen molar-refractivity contribution in [3.63, 3.8) is 0 Å². The highest BCUT2D eigenvalue weighted by molar-refractivity contribution is 7.22. The molecule has 0 radical (unpaired) electrons. The van der Waals surface area contributed by atoms with E-state index in [0.717, 1.165) is 22.2 Å². The molecule has 1 N–H and O–H groups in total. The monoisotopic (exact) mass is 368 g/mol. The van der Waals surface area contributed by atoms with Crippen molar-refractivity contribution in [2.45, 2.75) is 13.3 Å². The van der Waals surface area contributed by atoms with E-state index in [9.17, 15) is 4.79 Å². The Balaban J connectivity index is 1.73. The second kappa shape index (κ2) is 8.01. The predicted molar refractivity (Wildman–Crippen MR) is 106 cm³/mol. The van der Waals surface area contributed by atoms with E-state index in [1.165, 1.54) is 23.0 Å². The van der Waals surface area contributed by atoms with Crippen LogP contribution in [0.5, 0.6) is 11.5 Å². The van der Waals surface area contributed by atoms with Crippen LogP contribution in [0.3, 0.4) is 0 Å². The lowest BCUT2D eigenvalue weighted by atomic mass is 10.1. The summed E-state index contributed by atoms with van der Waals surface area (Å²) >= 11 is 1.47. The smallest absolute Gasteiger partial charge is 0.250 e. The van der Waals surface area contributed by atoms with Gasteiger partial charge in [0.2, 0.25) is 5.91 Å². The van der Waals surface area contributed by atoms with E-state index in [1.54, 1.807) is 26.4 Å². The number of carbonyl (C=O) groups is 1. The third kappa shape index (κ3) is 3.86. The highest BCUT2D eigenvalue weighted by atomic mass is 32.1. The Morgan fingerprint density at radius 2 is 2.00 bits per heavy atom. The highest BCUT2D eigenvalue weighted by Gasteiger charge is 2.09. The van der Waals surface area contributed by atoms with E-state index in [-0.39, 0.29) is 5.91 Å². The lowest BCUT2D eigenvalue weighted by Crippen LogP contribution is -2.07. The van der Waals surface area contributed by atoms with Crippen LogP contribution in [-0.2, 0) is 11.2 Å². The number of carbonyl (C=O) groups excluding carboxylic acids is 1. The number of ether oxygens (including phenoxy) is 2. The number of aromatic nitrogens is 1. The molecule has 1 heterocycles. The first-order chi connectivity index (χ1) is 12.6. The van der Waals surface area contributed by atoms with Crippen LogP contribution < -0.4 is 14.8 Å². The largest absolute Gasteiger partial charge is 0.493 e. The Morgan fingerprint density at radius 3 is 2.73 bits per heavy atom. The van der Waals surface area contributed by atoms with Gasteiger partial charge in [-0.1, -0.05) is 36.5 Å². The molecule has 134 valence electrons. The number of nitrogens with zero attached hydrogens (tertiary/aromatic N) is 1. The normalized spacial score (nSPS) is 11.0. The van der Waals surface area contributed by atoms with E-state index in [4.69, 9.17) is 9.47 Å². The van der Waals surface area contributed by atoms with Crippen LogP contribution in [0, 0.1) is 0 Å². The number of methoxy groups -OCH3 is 2. The van der Waals surface area contributed by atoms with Gasteiger partial charge in [-0.3, -0.25) is 10.1 Å². The molecule has 0 fully saturated rings. The molecule has 0 unspecified atom stereocenters. The molecule has 6 heteroatoms. The second-order valence-electron chi connectivity index (χ2n) is 5.57. The summed E-state index contributed by atoms with van der Waals surface area (Å²) in [4.78, 5) is 16.8. The molecule has 26 heavy (non-hydrogen) atoms. The van der Waals surface area contributed by atoms with Crippen LogP contribution in [0.4, 0.5) is 5.13 Å². The number of hydrogen-bond donors (Lipinski definition) is 1. The third-order valence-corrected chi connectivity index (χ3v) is 4.88. The average molecular weight is 368 g/mol. The van der Waals surface area contributed by atoms with Crippen molar-refractivity contribution in [1.82, 2.24) is 4.98 Å². The van der Waals surface area contributed by atoms with E-state index in [1.807, 2.05) is 24.3 Å². The first kappa shape index (κ1) is 17.9. The zero-order valence-corrected chi connectivity index (χ0v) is 15.7. The molecule has 3 aromatic rings. The van der Waals surface area contributed by atoms with Gasteiger partial charge in [-0.05, 0) is 41.8 Å². The Kier molecular flexibility index (Phi) is 5.53. The minimum Gasteiger partial charge on any atom is -0.493 e. The standard InChI is InChI=1S/C20H20N2O3S/c1-4-14-6-5-7-17-19(14)22-20(26-17)21-18(23)11-9-13-8-10-15(24-2)16(12-13)25-3/h5-12H,4H2,1-3H3,(H,21,22,23)/b11-9-. The molecular weight excluding hydrogens is 348 g/mol. The van der Waals surface area contributed by atoms with E-state index >= 15 is 0 Å². The van der Waals surface area contributed by atoms with Crippen molar-refractivity contribution in [2.24, 2.45) is 0 Å². The Labute approximate surface area is 156 Å². The summed E-state index contributed by atoms with van der Waals surface area (Å²) in [6.07, 6.45) is 4.11. The van der Waals surface area contributed by atoms with Gasteiger partial charge in [0.05, 0.1) is 24.4 Å². The minimum atomic E-state index is -0.225. The van der Waals surface area contributed by atoms with Crippen molar-refractivity contribution in [1.29, 1.82) is 0 Å². The fourth-order valence-electron chi connectivity index (χ4n) is 2.62. The van der Waals surface area contributed by atoms with Gasteiger partial charge < -0.3 is 9.47 Å². The lowest BCUT2D eigenvalue weighted by molar-refractivity contribution is -0.111. The lowest BCUT2D eigenvalue weighted by Gasteiger charge is -2.07. The number of anilines is 1. The zero-order chi connectivity index (χ0) is 18.5. The number of amides is 1. The number of thiazole rings is 1. The van der Waals surface area contributed by atoms with E-state index < -0.39 is 0 Å². The number of nitrogens with one attached hydrogen (secondary N) is 1. The molecular formula is C20H20N2O3S. The molecule has 1 aromatic heterocycles. The molecule has 2 aromatic carbocycles. The molecule has 0 spiro atoms. The molecule has 0 saturated carbocycles. The van der Waals surface area contributed by atoms with Crippen LogP contribution in [0.2, 0.25) is 0 Å². The Morgan fingerprint density at radius 1 is 1.19 bits per heavy atom. The van der Waals surface area contributed by atoms with Gasteiger partial charge in [0.1, 0.15) is 0 Å². The Bertz CT molecular complexity index is 963. The van der Waals surface area contributed by atoms with Crippen molar-refractivity contribution in [2.75, 3.05) is 19.5 Å². The second-order valence-corrected chi connectivity index (χ2v) is 6.60. The van der Waals surface area contributed by atoms with Crippen LogP contribution in [0.1, 0.15) is 18.1 Å². The van der Waals surface area contributed by atoms with Crippen molar-refractivity contribution < 1.29 is 14.3 Å². The van der Waals surface area contributed by atoms with Gasteiger partial charge in [-0.25, -0.2) is 4.98 Å². The molecule has 0 atom stereocenters. The number of fused-ring (bicyclic) bond motifs is 1. The van der Waals surface area contributed by atoms with Crippen LogP contribution in [0.25, 0.3) is 16.3 Å². The molecule has 0 saturated heterocycles. The fourth-order valence-corrected chi connectivity index (χ4v) is 3.54. The van der Waals surface area contributed by atoms with Crippen LogP contribution >= 0.6 is 11.3 Å². The zero-order valence-electron chi connectivity index (χ0n) is 14.9. The molecule has 0 aliphatic rings. The van der Waals surface area contributed by atoms with Crippen molar-refractivity contribution in [3.05, 3.63) is 53.6 Å². The van der Waals surface area contributed by atoms with Gasteiger partial charge in [-0.15, -0.1) is 0 Å². The maximum atomic E-state index is 12.2. The van der Waals surface area contributed by atoms with E-state index in [2.05, 4.69) is 23.3 Å². The van der Waals surface area contributed by atoms with Crippen molar-refractivity contribution >= 4 is 38.7 Å². The average Bonchev–Trinajstić information content (AvgIpc) is 3.08. The highest BCUT2D eigenvalue weighted by Crippen LogP contribution is 2.29. The molecule has 0 aliphatic carbocycles. The first-order valence-electron chi connectivity index (χ1n) is 8.24. The van der Waals surface area contributed by atoms with E-state index in [0.29, 0.717) is 16.6 Å². The Hall–Kier alpha value is -2.86. The van der Waals surface area contributed by atoms with Crippen LogP contribution in [-0.4, -0.2) is 25.1 Å². The summed E-state index contributed by atoms with van der Waals surface area (Å²) in [5.74, 6) is 1.04. The summed E-state index contributed by atoms with van der Waals surface area (Å²) in [5, 5.41) is 3.43. The summed E-state index contributed by atoms with van der Waals surface area (Å²) in [6.45, 7) is 2.10. The first-order valence-corrected chi connectivity index (χ1v) is 9.05. The number of hydrogen-bond acceptors (Lipinski definition) is 5. The summed E-state index contributed by atoms with van der Waals surface area (Å²) in [7, 11) is 3.17. The van der Waals surface area contributed by atoms with Gasteiger partial charge in [0, 0.05) is 6.08 Å². The molecule has 0 bridgehead atoms. The number of rotatable bonds is 6. The topological polar surface area (TPSA) is 60.5 Å². The minimum absolute atomic E-state index is 0.225. The SMILES string of the molecule is CCc1cccc2sc(NC(=O)/C=C\c3ccc(OC)c(OC)c3)nc12. The van der Waals surface area contributed by atoms with Gasteiger partial charge in [0.25, 0.3) is 0 Å². The summed E-state index contributed by atoms with van der Waals surface area (Å²) in [6, 6.07) is 11.6. The maximum Gasteiger partial charge on any atom is 0.250 e. The van der Waals surface area contributed by atoms with Gasteiger partial charge >= 0.3 is 0 Å². The maximum absolute atomic E-state index is 12.2. The number of para-hydroxylation sites is 1. The molecule has 0 aliphatic heterocycles. The van der Waals surface area contributed by atoms with Gasteiger partial charge in [-0.2, -0.15) is 0 Å². The summed E-state index contributed by atoms with van der Waals surface area (Å²) in [5.41, 5.74) is 2.98. The number of benzene rings is 2. The number of aryl methyl sites for hydroxylation is 1. The predicted octanol–water partition coefficient (Wildman–Crippen LogP) is 4.53. The fraction of sp³-hybridized carbons (Fsp3) is 0.200. The third-order valence-electron chi connectivity index (χ3n) is 3.95. The van der Waals surface area contributed by atoms with Crippen LogP contribution in [0.15, 0.2) is 42.5 Å². The van der Waals surface area contributed by atoms with Gasteiger partial charge in [0.15, 0.2) is 16.6 Å². The molecule has 1 amide bonds. The summed E-state index contributed by atoms with van der Waals surface area (Å²) < 4.78 is 11.5. The van der Waals surface area contributed by atoms with Crippen molar-refractivity contribution in [3.8, 4) is 11.5 Å². The molecule has 5 nitrogen and oxygen atoms in total. The quantitative estimate of drug-likeness (QED) is 0.650.